The van der Waals surface area contributed by atoms with E-state index in [0.29, 0.717) is 24.3 Å². The number of anilines is 2. The minimum atomic E-state index is -0.526. The predicted octanol–water partition coefficient (Wildman–Crippen LogP) is 2.32. The molecule has 6 heteroatoms. The van der Waals surface area contributed by atoms with Crippen LogP contribution >= 0.6 is 0 Å². The number of rotatable bonds is 5. The Kier molecular flexibility index (Phi) is 4.80. The maximum absolute atomic E-state index is 12.0. The first-order valence-electron chi connectivity index (χ1n) is 7.02. The smallest absolute Gasteiger partial charge is 0.411 e. The lowest BCUT2D eigenvalue weighted by atomic mass is 9.66. The van der Waals surface area contributed by atoms with Crippen molar-refractivity contribution < 1.29 is 14.3 Å². The van der Waals surface area contributed by atoms with Gasteiger partial charge in [-0.15, -0.1) is 0 Å². The monoisotopic (exact) mass is 291 g/mol. The summed E-state index contributed by atoms with van der Waals surface area (Å²) in [6, 6.07) is 6.88. The molecule has 114 valence electrons. The largest absolute Gasteiger partial charge is 0.453 e. The summed E-state index contributed by atoms with van der Waals surface area (Å²) >= 11 is 0. The summed E-state index contributed by atoms with van der Waals surface area (Å²) in [5.74, 6) is -0.0196. The van der Waals surface area contributed by atoms with Gasteiger partial charge in [0.2, 0.25) is 5.91 Å². The van der Waals surface area contributed by atoms with Crippen molar-refractivity contribution in [3.05, 3.63) is 24.3 Å². The highest BCUT2D eigenvalue weighted by atomic mass is 16.5. The molecule has 0 aliphatic heterocycles. The van der Waals surface area contributed by atoms with E-state index in [-0.39, 0.29) is 11.3 Å². The van der Waals surface area contributed by atoms with Crippen molar-refractivity contribution >= 4 is 23.4 Å². The lowest BCUT2D eigenvalue weighted by molar-refractivity contribution is -0.119. The zero-order valence-corrected chi connectivity index (χ0v) is 12.1. The van der Waals surface area contributed by atoms with Crippen LogP contribution in [0.2, 0.25) is 0 Å². The van der Waals surface area contributed by atoms with Gasteiger partial charge in [-0.3, -0.25) is 10.1 Å². The molecule has 0 heterocycles. The van der Waals surface area contributed by atoms with Crippen molar-refractivity contribution in [3.63, 3.8) is 0 Å². The second-order valence-electron chi connectivity index (χ2n) is 5.48. The van der Waals surface area contributed by atoms with Crippen LogP contribution in [-0.2, 0) is 9.53 Å². The van der Waals surface area contributed by atoms with Crippen LogP contribution in [0.3, 0.4) is 0 Å². The molecule has 1 aromatic rings. The molecule has 0 bridgehead atoms. The third-order valence-corrected chi connectivity index (χ3v) is 3.98. The highest BCUT2D eigenvalue weighted by Gasteiger charge is 2.37. The number of nitrogens with one attached hydrogen (secondary N) is 2. The first-order valence-corrected chi connectivity index (χ1v) is 7.02. The van der Waals surface area contributed by atoms with Crippen LogP contribution in [0.5, 0.6) is 0 Å². The molecule has 21 heavy (non-hydrogen) atoms. The molecule has 1 fully saturated rings. The first kappa shape index (κ1) is 15.3. The lowest BCUT2D eigenvalue weighted by Gasteiger charge is -2.40. The fourth-order valence-corrected chi connectivity index (χ4v) is 2.48. The molecular formula is C15H21N3O3. The van der Waals surface area contributed by atoms with Crippen molar-refractivity contribution in [1.29, 1.82) is 0 Å². The molecule has 1 saturated carbocycles. The number of nitrogens with two attached hydrogens (primary N) is 1. The Morgan fingerprint density at radius 3 is 2.19 bits per heavy atom. The van der Waals surface area contributed by atoms with Crippen molar-refractivity contribution in [3.8, 4) is 0 Å². The Hall–Kier alpha value is -2.08. The summed E-state index contributed by atoms with van der Waals surface area (Å²) in [4.78, 5) is 23.1. The Morgan fingerprint density at radius 1 is 1.19 bits per heavy atom. The van der Waals surface area contributed by atoms with Crippen LogP contribution in [0, 0.1) is 5.41 Å². The van der Waals surface area contributed by atoms with E-state index in [0.717, 1.165) is 19.3 Å². The summed E-state index contributed by atoms with van der Waals surface area (Å²) in [6.45, 7) is 0.558. The fraction of sp³-hybridized carbons (Fsp3) is 0.467. The van der Waals surface area contributed by atoms with E-state index in [1.165, 1.54) is 7.11 Å². The highest BCUT2D eigenvalue weighted by Crippen LogP contribution is 2.43. The molecule has 0 unspecified atom stereocenters. The normalized spacial score (nSPS) is 15.7. The van der Waals surface area contributed by atoms with Gasteiger partial charge in [-0.25, -0.2) is 4.79 Å². The molecule has 1 aliphatic carbocycles. The molecule has 0 aromatic heterocycles. The molecule has 1 aliphatic rings. The Bertz CT molecular complexity index is 504. The minimum absolute atomic E-state index is 0.00351. The molecule has 2 amide bonds. The fourth-order valence-electron chi connectivity index (χ4n) is 2.48. The third kappa shape index (κ3) is 3.95. The predicted molar refractivity (Wildman–Crippen MR) is 81.1 cm³/mol. The number of benzene rings is 1. The maximum Gasteiger partial charge on any atom is 0.411 e. The zero-order chi connectivity index (χ0) is 15.3. The van der Waals surface area contributed by atoms with Gasteiger partial charge < -0.3 is 15.8 Å². The second kappa shape index (κ2) is 6.58. The van der Waals surface area contributed by atoms with Gasteiger partial charge in [0, 0.05) is 17.8 Å². The molecular weight excluding hydrogens is 270 g/mol. The molecule has 0 saturated heterocycles. The summed E-state index contributed by atoms with van der Waals surface area (Å²) in [5.41, 5.74) is 7.06. The van der Waals surface area contributed by atoms with Gasteiger partial charge in [0.15, 0.2) is 0 Å². The van der Waals surface area contributed by atoms with Crippen molar-refractivity contribution in [2.75, 3.05) is 24.3 Å². The van der Waals surface area contributed by atoms with Crippen LogP contribution in [-0.4, -0.2) is 25.7 Å². The topological polar surface area (TPSA) is 93.5 Å². The van der Waals surface area contributed by atoms with Gasteiger partial charge in [0.25, 0.3) is 0 Å². The summed E-state index contributed by atoms with van der Waals surface area (Å²) in [7, 11) is 1.30. The number of hydrogen-bond acceptors (Lipinski definition) is 4. The molecule has 1 aromatic carbocycles. The number of carbonyl (C=O) groups is 2. The first-order chi connectivity index (χ1) is 10.1. The van der Waals surface area contributed by atoms with Gasteiger partial charge in [-0.05, 0) is 49.1 Å². The van der Waals surface area contributed by atoms with E-state index in [1.54, 1.807) is 24.3 Å². The van der Waals surface area contributed by atoms with E-state index in [2.05, 4.69) is 15.4 Å². The van der Waals surface area contributed by atoms with Gasteiger partial charge >= 0.3 is 6.09 Å². The Labute approximate surface area is 124 Å². The third-order valence-electron chi connectivity index (χ3n) is 3.98. The minimum Gasteiger partial charge on any atom is -0.453 e. The SMILES string of the molecule is COC(=O)Nc1ccc(NC(=O)CC2(CN)CCC2)cc1. The number of hydrogen-bond donors (Lipinski definition) is 3. The molecule has 4 N–H and O–H groups in total. The number of amides is 2. The quantitative estimate of drug-likeness (QED) is 0.776. The average Bonchev–Trinajstić information content (AvgIpc) is 2.45. The summed E-state index contributed by atoms with van der Waals surface area (Å²) in [6.07, 6.45) is 3.14. The molecule has 0 spiro atoms. The van der Waals surface area contributed by atoms with Gasteiger partial charge in [0.05, 0.1) is 7.11 Å². The van der Waals surface area contributed by atoms with E-state index in [1.807, 2.05) is 0 Å². The molecule has 6 nitrogen and oxygen atoms in total. The van der Waals surface area contributed by atoms with E-state index in [4.69, 9.17) is 5.73 Å². The standard InChI is InChI=1S/C15H21N3O3/c1-21-14(20)18-12-5-3-11(4-6-12)17-13(19)9-15(10-16)7-2-8-15/h3-6H,2,7-10,16H2,1H3,(H,17,19)(H,18,20). The zero-order valence-electron chi connectivity index (χ0n) is 12.1. The van der Waals surface area contributed by atoms with E-state index < -0.39 is 6.09 Å². The molecule has 0 atom stereocenters. The van der Waals surface area contributed by atoms with Crippen LogP contribution in [0.15, 0.2) is 24.3 Å². The summed E-state index contributed by atoms with van der Waals surface area (Å²) < 4.78 is 4.50. The number of ether oxygens (including phenoxy) is 1. The number of carbonyl (C=O) groups excluding carboxylic acids is 2. The second-order valence-corrected chi connectivity index (χ2v) is 5.48. The van der Waals surface area contributed by atoms with Crippen molar-refractivity contribution in [2.24, 2.45) is 11.1 Å². The van der Waals surface area contributed by atoms with Crippen molar-refractivity contribution in [2.45, 2.75) is 25.7 Å². The van der Waals surface area contributed by atoms with Gasteiger partial charge in [-0.2, -0.15) is 0 Å². The maximum atomic E-state index is 12.0. The van der Waals surface area contributed by atoms with Gasteiger partial charge in [-0.1, -0.05) is 6.42 Å². The van der Waals surface area contributed by atoms with E-state index >= 15 is 0 Å². The van der Waals surface area contributed by atoms with Crippen LogP contribution < -0.4 is 16.4 Å². The molecule has 0 radical (unpaired) electrons. The highest BCUT2D eigenvalue weighted by molar-refractivity contribution is 5.92. The Morgan fingerprint density at radius 2 is 1.76 bits per heavy atom. The van der Waals surface area contributed by atoms with Crippen LogP contribution in [0.1, 0.15) is 25.7 Å². The van der Waals surface area contributed by atoms with E-state index in [9.17, 15) is 9.59 Å². The van der Waals surface area contributed by atoms with Gasteiger partial charge in [0.1, 0.15) is 0 Å². The van der Waals surface area contributed by atoms with Crippen molar-refractivity contribution in [1.82, 2.24) is 0 Å². The van der Waals surface area contributed by atoms with Crippen LogP contribution in [0.4, 0.5) is 16.2 Å². The average molecular weight is 291 g/mol. The van der Waals surface area contributed by atoms with Crippen LogP contribution in [0.25, 0.3) is 0 Å². The summed E-state index contributed by atoms with van der Waals surface area (Å²) in [5, 5.41) is 5.40. The molecule has 2 rings (SSSR count). The Balaban J connectivity index is 1.88. The lowest BCUT2D eigenvalue weighted by Crippen LogP contribution is -2.40. The number of methoxy groups -OCH3 is 1.